The molecular formula is C17H18N2O2. The summed E-state index contributed by atoms with van der Waals surface area (Å²) in [5.74, 6) is -0.456. The fraction of sp³-hybridized carbons (Fsp3) is 0.412. The smallest absolute Gasteiger partial charge is 0.306 e. The minimum Gasteiger partial charge on any atom is -0.481 e. The zero-order valence-electron chi connectivity index (χ0n) is 12.0. The third-order valence-electron chi connectivity index (χ3n) is 4.67. The maximum atomic E-state index is 11.1. The molecule has 0 unspecified atom stereocenters. The molecule has 0 aliphatic heterocycles. The van der Waals surface area contributed by atoms with E-state index in [4.69, 9.17) is 10.4 Å². The number of aliphatic carboxylic acids is 1. The maximum Gasteiger partial charge on any atom is 0.306 e. The number of fused-ring (bicyclic) bond motifs is 1. The number of aryl methyl sites for hydroxylation is 1. The average Bonchev–Trinajstić information content (AvgIpc) is 2.84. The minimum atomic E-state index is -0.668. The SMILES string of the molecule is Cn1cc(C2CCC(C(=O)O)CC2)c2cc(C#N)ccc21. The van der Waals surface area contributed by atoms with Crippen LogP contribution in [0.4, 0.5) is 0 Å². The van der Waals surface area contributed by atoms with E-state index in [0.29, 0.717) is 11.5 Å². The lowest BCUT2D eigenvalue weighted by Crippen LogP contribution is -2.20. The van der Waals surface area contributed by atoms with Gasteiger partial charge in [-0.1, -0.05) is 0 Å². The first kappa shape index (κ1) is 13.7. The van der Waals surface area contributed by atoms with Gasteiger partial charge in [-0.2, -0.15) is 5.26 Å². The van der Waals surface area contributed by atoms with Gasteiger partial charge in [0.1, 0.15) is 0 Å². The summed E-state index contributed by atoms with van der Waals surface area (Å²) >= 11 is 0. The third kappa shape index (κ3) is 2.40. The zero-order chi connectivity index (χ0) is 15.0. The molecule has 0 atom stereocenters. The summed E-state index contributed by atoms with van der Waals surface area (Å²) in [6.45, 7) is 0. The van der Waals surface area contributed by atoms with Gasteiger partial charge in [0.25, 0.3) is 0 Å². The Morgan fingerprint density at radius 1 is 1.33 bits per heavy atom. The Hall–Kier alpha value is -2.28. The van der Waals surface area contributed by atoms with Crippen molar-refractivity contribution in [1.82, 2.24) is 4.57 Å². The first-order valence-corrected chi connectivity index (χ1v) is 7.32. The molecule has 1 fully saturated rings. The number of nitriles is 1. The third-order valence-corrected chi connectivity index (χ3v) is 4.67. The van der Waals surface area contributed by atoms with E-state index in [0.717, 1.165) is 36.6 Å². The number of carboxylic acid groups (broad SMARTS) is 1. The predicted octanol–water partition coefficient (Wildman–Crippen LogP) is 3.41. The van der Waals surface area contributed by atoms with Gasteiger partial charge in [-0.05, 0) is 55.4 Å². The van der Waals surface area contributed by atoms with Crippen molar-refractivity contribution in [3.63, 3.8) is 0 Å². The molecule has 4 heteroatoms. The van der Waals surface area contributed by atoms with E-state index >= 15 is 0 Å². The first-order valence-electron chi connectivity index (χ1n) is 7.32. The number of carboxylic acids is 1. The molecule has 1 N–H and O–H groups in total. The van der Waals surface area contributed by atoms with Crippen LogP contribution in [0.5, 0.6) is 0 Å². The van der Waals surface area contributed by atoms with Gasteiger partial charge in [-0.25, -0.2) is 0 Å². The summed E-state index contributed by atoms with van der Waals surface area (Å²) in [4.78, 5) is 11.1. The van der Waals surface area contributed by atoms with Crippen LogP contribution in [-0.2, 0) is 11.8 Å². The van der Waals surface area contributed by atoms with Crippen LogP contribution in [0.3, 0.4) is 0 Å². The molecule has 21 heavy (non-hydrogen) atoms. The Morgan fingerprint density at radius 3 is 2.67 bits per heavy atom. The summed E-state index contributed by atoms with van der Waals surface area (Å²) in [5.41, 5.74) is 3.06. The molecule has 0 amide bonds. The molecule has 0 radical (unpaired) electrons. The molecule has 0 spiro atoms. The second kappa shape index (κ2) is 5.25. The topological polar surface area (TPSA) is 66.0 Å². The minimum absolute atomic E-state index is 0.189. The van der Waals surface area contributed by atoms with E-state index < -0.39 is 5.97 Å². The fourth-order valence-electron chi connectivity index (χ4n) is 3.47. The predicted molar refractivity (Wildman–Crippen MR) is 80.0 cm³/mol. The summed E-state index contributed by atoms with van der Waals surface area (Å²) in [6.07, 6.45) is 5.44. The van der Waals surface area contributed by atoms with Crippen molar-refractivity contribution in [2.45, 2.75) is 31.6 Å². The molecule has 1 heterocycles. The Kier molecular flexibility index (Phi) is 3.42. The van der Waals surface area contributed by atoms with Crippen LogP contribution in [-0.4, -0.2) is 15.6 Å². The van der Waals surface area contributed by atoms with Crippen LogP contribution in [0.25, 0.3) is 10.9 Å². The van der Waals surface area contributed by atoms with Crippen LogP contribution < -0.4 is 0 Å². The van der Waals surface area contributed by atoms with Crippen molar-refractivity contribution in [1.29, 1.82) is 5.26 Å². The fourth-order valence-corrected chi connectivity index (χ4v) is 3.47. The van der Waals surface area contributed by atoms with E-state index in [1.807, 2.05) is 25.2 Å². The van der Waals surface area contributed by atoms with E-state index in [-0.39, 0.29) is 5.92 Å². The molecule has 108 valence electrons. The number of hydrogen-bond donors (Lipinski definition) is 1. The standard InChI is InChI=1S/C17H18N2O2/c1-19-10-15(12-3-5-13(6-4-12)17(20)21)14-8-11(9-18)2-7-16(14)19/h2,7-8,10,12-13H,3-6H2,1H3,(H,20,21). The van der Waals surface area contributed by atoms with E-state index in [1.165, 1.54) is 5.56 Å². The molecule has 3 rings (SSSR count). The van der Waals surface area contributed by atoms with Gasteiger partial charge in [-0.15, -0.1) is 0 Å². The van der Waals surface area contributed by atoms with Crippen LogP contribution >= 0.6 is 0 Å². The Balaban J connectivity index is 1.94. The second-order valence-corrected chi connectivity index (χ2v) is 5.93. The van der Waals surface area contributed by atoms with Crippen molar-refractivity contribution in [3.05, 3.63) is 35.5 Å². The number of carbonyl (C=O) groups is 1. The normalized spacial score (nSPS) is 22.1. The summed E-state index contributed by atoms with van der Waals surface area (Å²) < 4.78 is 2.09. The zero-order valence-corrected chi connectivity index (χ0v) is 12.0. The highest BCUT2D eigenvalue weighted by molar-refractivity contribution is 5.86. The Morgan fingerprint density at radius 2 is 2.05 bits per heavy atom. The first-order chi connectivity index (χ1) is 10.1. The molecule has 1 saturated carbocycles. The molecule has 1 aliphatic rings. The molecule has 4 nitrogen and oxygen atoms in total. The molecule has 1 aromatic heterocycles. The number of rotatable bonds is 2. The highest BCUT2D eigenvalue weighted by Gasteiger charge is 2.28. The lowest BCUT2D eigenvalue weighted by atomic mass is 9.78. The average molecular weight is 282 g/mol. The van der Waals surface area contributed by atoms with Gasteiger partial charge >= 0.3 is 5.97 Å². The summed E-state index contributed by atoms with van der Waals surface area (Å²) in [7, 11) is 2.01. The van der Waals surface area contributed by atoms with Gasteiger partial charge in [-0.3, -0.25) is 4.79 Å². The highest BCUT2D eigenvalue weighted by atomic mass is 16.4. The Labute approximate surface area is 123 Å². The molecule has 1 aliphatic carbocycles. The number of aromatic nitrogens is 1. The van der Waals surface area contributed by atoms with E-state index in [1.54, 1.807) is 0 Å². The number of benzene rings is 1. The van der Waals surface area contributed by atoms with Crippen molar-refractivity contribution >= 4 is 16.9 Å². The molecule has 0 saturated heterocycles. The van der Waals surface area contributed by atoms with Gasteiger partial charge in [0.15, 0.2) is 0 Å². The van der Waals surface area contributed by atoms with Crippen LogP contribution in [0.1, 0.15) is 42.7 Å². The van der Waals surface area contributed by atoms with Crippen molar-refractivity contribution in [2.24, 2.45) is 13.0 Å². The Bertz CT molecular complexity index is 731. The molecule has 1 aromatic carbocycles. The monoisotopic (exact) mass is 282 g/mol. The molecular weight excluding hydrogens is 264 g/mol. The van der Waals surface area contributed by atoms with Crippen molar-refractivity contribution in [3.8, 4) is 6.07 Å². The van der Waals surface area contributed by atoms with Gasteiger partial charge < -0.3 is 9.67 Å². The summed E-state index contributed by atoms with van der Waals surface area (Å²) in [5, 5.41) is 19.3. The molecule has 2 aromatic rings. The van der Waals surface area contributed by atoms with Gasteiger partial charge in [0.05, 0.1) is 17.6 Å². The largest absolute Gasteiger partial charge is 0.481 e. The number of hydrogen-bond acceptors (Lipinski definition) is 2. The lowest BCUT2D eigenvalue weighted by molar-refractivity contribution is -0.142. The van der Waals surface area contributed by atoms with E-state index in [9.17, 15) is 4.79 Å². The maximum absolute atomic E-state index is 11.1. The second-order valence-electron chi connectivity index (χ2n) is 5.93. The number of nitrogens with zero attached hydrogens (tertiary/aromatic N) is 2. The van der Waals surface area contributed by atoms with Crippen molar-refractivity contribution < 1.29 is 9.90 Å². The van der Waals surface area contributed by atoms with Gasteiger partial charge in [0, 0.05) is 24.1 Å². The highest BCUT2D eigenvalue weighted by Crippen LogP contribution is 2.39. The quantitative estimate of drug-likeness (QED) is 0.918. The van der Waals surface area contributed by atoms with Crippen LogP contribution in [0, 0.1) is 17.2 Å². The molecule has 0 bridgehead atoms. The summed E-state index contributed by atoms with van der Waals surface area (Å²) in [6, 6.07) is 7.97. The van der Waals surface area contributed by atoms with Crippen LogP contribution in [0.2, 0.25) is 0 Å². The lowest BCUT2D eigenvalue weighted by Gasteiger charge is -2.25. The van der Waals surface area contributed by atoms with E-state index in [2.05, 4.69) is 16.8 Å². The van der Waals surface area contributed by atoms with Crippen molar-refractivity contribution in [2.75, 3.05) is 0 Å². The van der Waals surface area contributed by atoms with Gasteiger partial charge in [0.2, 0.25) is 0 Å². The van der Waals surface area contributed by atoms with Crippen LogP contribution in [0.15, 0.2) is 24.4 Å².